The molecule has 1 aromatic rings. The van der Waals surface area contributed by atoms with Gasteiger partial charge in [0, 0.05) is 32.0 Å². The van der Waals surface area contributed by atoms with E-state index in [9.17, 15) is 28.8 Å². The second kappa shape index (κ2) is 22.7. The largest absolute Gasteiger partial charge is 0.349 e. The van der Waals surface area contributed by atoms with Crippen LogP contribution >= 0.6 is 0 Å². The lowest BCUT2D eigenvalue weighted by atomic mass is 9.85. The number of aromatic nitrogens is 2. The van der Waals surface area contributed by atoms with Crippen LogP contribution in [0, 0.1) is 11.3 Å². The zero-order chi connectivity index (χ0) is 37.9. The zero-order valence-electron chi connectivity index (χ0n) is 32.0. The van der Waals surface area contributed by atoms with Crippen LogP contribution in [0.25, 0.3) is 0 Å². The van der Waals surface area contributed by atoms with Gasteiger partial charge in [-0.25, -0.2) is 4.98 Å². The van der Waals surface area contributed by atoms with Crippen molar-refractivity contribution in [3.05, 3.63) is 24.3 Å². The number of likely N-dealkylation sites (N-methyl/N-ethyl adjacent to an activating group) is 1. The van der Waals surface area contributed by atoms with Crippen LogP contribution < -0.4 is 16.0 Å². The lowest BCUT2D eigenvalue weighted by Crippen LogP contribution is -2.60. The van der Waals surface area contributed by atoms with Crippen molar-refractivity contribution in [3.63, 3.8) is 0 Å². The van der Waals surface area contributed by atoms with Crippen LogP contribution in [0.1, 0.15) is 131 Å². The normalized spacial score (nSPS) is 16.5. The molecule has 282 valence electrons. The average molecular weight is 702 g/mol. The van der Waals surface area contributed by atoms with Crippen LogP contribution in [-0.4, -0.2) is 99.4 Å². The maximum Gasteiger partial charge on any atom is 0.289 e. The summed E-state index contributed by atoms with van der Waals surface area (Å²) >= 11 is 0. The van der Waals surface area contributed by atoms with E-state index in [0.717, 1.165) is 0 Å². The van der Waals surface area contributed by atoms with E-state index < -0.39 is 58.9 Å². The number of carbonyl (C=O) groups is 6. The fourth-order valence-electron chi connectivity index (χ4n) is 5.82. The summed E-state index contributed by atoms with van der Waals surface area (Å²) in [6, 6.07) is -2.77. The first-order valence-electron chi connectivity index (χ1n) is 18.5. The molecule has 1 aliphatic carbocycles. The molecule has 5 amide bonds. The average Bonchev–Trinajstić information content (AvgIpc) is 3.85. The molecular formula is C37H63N7O6. The summed E-state index contributed by atoms with van der Waals surface area (Å²) in [4.78, 5) is 89.3. The van der Waals surface area contributed by atoms with Gasteiger partial charge in [0.2, 0.25) is 23.5 Å². The van der Waals surface area contributed by atoms with Gasteiger partial charge >= 0.3 is 0 Å². The summed E-state index contributed by atoms with van der Waals surface area (Å²) in [7, 11) is 0. The number of ketones is 1. The molecule has 0 bridgehead atoms. The molecule has 13 nitrogen and oxygen atoms in total. The molecule has 3 unspecified atom stereocenters. The van der Waals surface area contributed by atoms with Crippen molar-refractivity contribution in [2.75, 3.05) is 26.2 Å². The number of nitrogens with zero attached hydrogens (tertiary/aromatic N) is 4. The van der Waals surface area contributed by atoms with E-state index in [1.54, 1.807) is 27.7 Å². The first kappa shape index (κ1) is 44.1. The minimum absolute atomic E-state index is 0.0508. The number of Topliss-reactive ketones (excluding diaryl/α,β-unsaturated/α-hetero) is 1. The Morgan fingerprint density at radius 1 is 0.940 bits per heavy atom. The Bertz CT molecular complexity index is 1220. The highest BCUT2D eigenvalue weighted by Crippen LogP contribution is 2.27. The fraction of sp³-hybridized carbons (Fsp3) is 0.730. The Balaban J connectivity index is 0.00000160. The molecule has 1 saturated carbocycles. The standard InChI is InChI=1S/C30H47N7O6.C5H10.C2H6/c1-8-11-21(24(39)27(41)33-16-19(3)4)36(9-2)28(42)22-12-10-15-37(22)29(43)25(30(5,6)7)35-23(38)18-34-26(40)20-17-31-13-14-32-20;1-2-4-5-3-1;1-2/h13-14,17,19,21-22,25H,8-12,15-16,18H2,1-7H3,(H,33,41)(H,34,40)(H,35,38);1-5H2;1-2H3. The third kappa shape index (κ3) is 14.1. The first-order valence-corrected chi connectivity index (χ1v) is 18.5. The molecule has 2 fully saturated rings. The van der Waals surface area contributed by atoms with E-state index in [1.807, 2.05) is 34.6 Å². The van der Waals surface area contributed by atoms with Crippen molar-refractivity contribution in [2.24, 2.45) is 11.3 Å². The maximum atomic E-state index is 13.9. The Morgan fingerprint density at radius 2 is 1.56 bits per heavy atom. The highest BCUT2D eigenvalue weighted by Gasteiger charge is 2.44. The van der Waals surface area contributed by atoms with Crippen molar-refractivity contribution < 1.29 is 28.8 Å². The molecule has 1 aliphatic heterocycles. The number of hydrogen-bond acceptors (Lipinski definition) is 8. The van der Waals surface area contributed by atoms with Crippen molar-refractivity contribution in [1.82, 2.24) is 35.7 Å². The van der Waals surface area contributed by atoms with E-state index in [4.69, 9.17) is 0 Å². The Kier molecular flexibility index (Phi) is 20.1. The molecule has 50 heavy (non-hydrogen) atoms. The summed E-state index contributed by atoms with van der Waals surface area (Å²) in [6.07, 6.45) is 13.4. The predicted molar refractivity (Wildman–Crippen MR) is 194 cm³/mol. The second-order valence-corrected chi connectivity index (χ2v) is 14.0. The first-order chi connectivity index (χ1) is 23.7. The maximum absolute atomic E-state index is 13.9. The number of amides is 5. The Morgan fingerprint density at radius 3 is 2.06 bits per heavy atom. The summed E-state index contributed by atoms with van der Waals surface area (Å²) in [5.74, 6) is -3.22. The molecule has 0 spiro atoms. The predicted octanol–water partition coefficient (Wildman–Crippen LogP) is 4.06. The zero-order valence-corrected chi connectivity index (χ0v) is 32.0. The number of carbonyl (C=O) groups excluding carboxylic acids is 6. The quantitative estimate of drug-likeness (QED) is 0.244. The molecule has 13 heteroatoms. The fourth-order valence-corrected chi connectivity index (χ4v) is 5.82. The second-order valence-electron chi connectivity index (χ2n) is 14.0. The molecule has 3 N–H and O–H groups in total. The number of rotatable bonds is 14. The number of nitrogens with one attached hydrogen (secondary N) is 3. The highest BCUT2D eigenvalue weighted by molar-refractivity contribution is 6.38. The van der Waals surface area contributed by atoms with Crippen LogP contribution in [0.5, 0.6) is 0 Å². The van der Waals surface area contributed by atoms with Crippen molar-refractivity contribution in [3.8, 4) is 0 Å². The SMILES string of the molecule is C1CCCC1.CC.CCCC(C(=O)C(=O)NCC(C)C)N(CC)C(=O)C1CCCN1C(=O)C(NC(=O)CNC(=O)c1cnccn1)C(C)(C)C. The monoisotopic (exact) mass is 701 g/mol. The van der Waals surface area contributed by atoms with E-state index in [2.05, 4.69) is 25.9 Å². The molecule has 2 aliphatic rings. The van der Waals surface area contributed by atoms with Crippen LogP contribution in [0.2, 0.25) is 0 Å². The molecule has 0 radical (unpaired) electrons. The lowest BCUT2D eigenvalue weighted by molar-refractivity contribution is -0.151. The third-order valence-electron chi connectivity index (χ3n) is 8.45. The highest BCUT2D eigenvalue weighted by atomic mass is 16.2. The minimum atomic E-state index is -0.994. The molecule has 3 rings (SSSR count). The molecule has 2 heterocycles. The summed E-state index contributed by atoms with van der Waals surface area (Å²) < 4.78 is 0. The lowest BCUT2D eigenvalue weighted by Gasteiger charge is -2.38. The summed E-state index contributed by atoms with van der Waals surface area (Å²) in [5, 5.41) is 7.85. The van der Waals surface area contributed by atoms with Crippen molar-refractivity contribution >= 4 is 35.3 Å². The van der Waals surface area contributed by atoms with Crippen LogP contribution in [0.3, 0.4) is 0 Å². The van der Waals surface area contributed by atoms with Crippen LogP contribution in [-0.2, 0) is 24.0 Å². The Labute approximate surface area is 299 Å². The molecule has 1 aromatic heterocycles. The molecular weight excluding hydrogens is 638 g/mol. The van der Waals surface area contributed by atoms with Gasteiger partial charge in [-0.2, -0.15) is 0 Å². The van der Waals surface area contributed by atoms with Gasteiger partial charge in [-0.3, -0.25) is 33.8 Å². The van der Waals surface area contributed by atoms with Crippen molar-refractivity contribution in [1.29, 1.82) is 0 Å². The third-order valence-corrected chi connectivity index (χ3v) is 8.45. The smallest absolute Gasteiger partial charge is 0.289 e. The number of likely N-dealkylation sites (tertiary alicyclic amines) is 1. The summed E-state index contributed by atoms with van der Waals surface area (Å²) in [6.45, 7) is 17.3. The van der Waals surface area contributed by atoms with E-state index >= 15 is 0 Å². The van der Waals surface area contributed by atoms with Crippen molar-refractivity contribution in [2.45, 2.75) is 138 Å². The van der Waals surface area contributed by atoms with E-state index in [-0.39, 0.29) is 24.7 Å². The van der Waals surface area contributed by atoms with Gasteiger partial charge in [0.25, 0.3) is 11.8 Å². The van der Waals surface area contributed by atoms with Gasteiger partial charge in [-0.1, -0.05) is 93.9 Å². The van der Waals surface area contributed by atoms with Gasteiger partial charge < -0.3 is 25.8 Å². The molecule has 1 saturated heterocycles. The molecule has 3 atom stereocenters. The van der Waals surface area contributed by atoms with Crippen LogP contribution in [0.15, 0.2) is 18.6 Å². The van der Waals surface area contributed by atoms with Gasteiger partial charge in [0.1, 0.15) is 23.8 Å². The Hall–Kier alpha value is -3.90. The minimum Gasteiger partial charge on any atom is -0.349 e. The number of hydrogen-bond donors (Lipinski definition) is 3. The molecule has 0 aromatic carbocycles. The van der Waals surface area contributed by atoms with Gasteiger partial charge in [-0.05, 0) is 37.5 Å². The van der Waals surface area contributed by atoms with Crippen LogP contribution in [0.4, 0.5) is 0 Å². The van der Waals surface area contributed by atoms with Gasteiger partial charge in [-0.15, -0.1) is 0 Å². The van der Waals surface area contributed by atoms with Gasteiger partial charge in [0.15, 0.2) is 0 Å². The van der Waals surface area contributed by atoms with Gasteiger partial charge in [0.05, 0.1) is 12.7 Å². The van der Waals surface area contributed by atoms with E-state index in [1.165, 1.54) is 60.5 Å². The summed E-state index contributed by atoms with van der Waals surface area (Å²) in [5.41, 5.74) is -0.674. The topological polar surface area (TPSA) is 171 Å². The van der Waals surface area contributed by atoms with E-state index in [0.29, 0.717) is 38.8 Å².